The Morgan fingerprint density at radius 2 is 2.00 bits per heavy atom. The van der Waals surface area contributed by atoms with Crippen molar-refractivity contribution >= 4 is 5.91 Å². The molecule has 5 nitrogen and oxygen atoms in total. The number of hydrogen-bond donors (Lipinski definition) is 2. The first kappa shape index (κ1) is 14.4. The molecule has 0 radical (unpaired) electrons. The molecule has 5 heteroatoms. The second-order valence-electron chi connectivity index (χ2n) is 4.74. The molecule has 2 N–H and O–H groups in total. The molecule has 2 unspecified atom stereocenters. The summed E-state index contributed by atoms with van der Waals surface area (Å²) in [6, 6.07) is 0.864. The third-order valence-corrected chi connectivity index (χ3v) is 3.22. The molecular formula is C12H25N3O2. The molecular weight excluding hydrogens is 218 g/mol. The molecule has 1 saturated heterocycles. The summed E-state index contributed by atoms with van der Waals surface area (Å²) in [6.07, 6.45) is 3.56. The number of hydrogen-bond acceptors (Lipinski definition) is 4. The first-order chi connectivity index (χ1) is 8.15. The van der Waals surface area contributed by atoms with Gasteiger partial charge in [-0.3, -0.25) is 10.2 Å². The van der Waals surface area contributed by atoms with Crippen LogP contribution in [0.2, 0.25) is 0 Å². The van der Waals surface area contributed by atoms with E-state index < -0.39 is 0 Å². The minimum atomic E-state index is 0.0294. The molecule has 1 aliphatic heterocycles. The molecule has 2 atom stereocenters. The highest BCUT2D eigenvalue weighted by Gasteiger charge is 2.25. The van der Waals surface area contributed by atoms with Gasteiger partial charge in [0.1, 0.15) is 0 Å². The van der Waals surface area contributed by atoms with Gasteiger partial charge in [-0.15, -0.1) is 0 Å². The van der Waals surface area contributed by atoms with Gasteiger partial charge in [-0.05, 0) is 26.7 Å². The lowest BCUT2D eigenvalue weighted by atomic mass is 10.00. The van der Waals surface area contributed by atoms with Crippen molar-refractivity contribution in [3.05, 3.63) is 0 Å². The van der Waals surface area contributed by atoms with Crippen LogP contribution in [0, 0.1) is 0 Å². The Hall–Kier alpha value is -0.650. The minimum absolute atomic E-state index is 0.0294. The lowest BCUT2D eigenvalue weighted by Gasteiger charge is -2.38. The molecule has 1 aliphatic rings. The number of carbonyl (C=O) groups is 1. The monoisotopic (exact) mass is 243 g/mol. The number of rotatable bonds is 6. The fraction of sp³-hybridized carbons (Fsp3) is 0.917. The van der Waals surface area contributed by atoms with Crippen LogP contribution in [0.5, 0.6) is 0 Å². The maximum Gasteiger partial charge on any atom is 0.248 e. The maximum absolute atomic E-state index is 11.7. The van der Waals surface area contributed by atoms with Gasteiger partial charge in [0, 0.05) is 25.7 Å². The molecule has 0 bridgehead atoms. The molecule has 0 aromatic carbocycles. The molecule has 100 valence electrons. The average molecular weight is 243 g/mol. The van der Waals surface area contributed by atoms with E-state index in [1.54, 1.807) is 7.11 Å². The van der Waals surface area contributed by atoms with Crippen LogP contribution in [-0.2, 0) is 9.53 Å². The van der Waals surface area contributed by atoms with Crippen molar-refractivity contribution in [3.63, 3.8) is 0 Å². The zero-order valence-electron chi connectivity index (χ0n) is 11.2. The van der Waals surface area contributed by atoms with Crippen molar-refractivity contribution < 1.29 is 9.53 Å². The summed E-state index contributed by atoms with van der Waals surface area (Å²) in [6.45, 7) is 6.00. The summed E-state index contributed by atoms with van der Waals surface area (Å²) < 4.78 is 4.90. The Morgan fingerprint density at radius 3 is 2.59 bits per heavy atom. The molecule has 1 heterocycles. The fourth-order valence-corrected chi connectivity index (χ4v) is 2.20. The van der Waals surface area contributed by atoms with Crippen molar-refractivity contribution in [2.45, 2.75) is 45.2 Å². The topological polar surface area (TPSA) is 53.6 Å². The van der Waals surface area contributed by atoms with Gasteiger partial charge in [-0.25, -0.2) is 5.01 Å². The van der Waals surface area contributed by atoms with Crippen molar-refractivity contribution in [3.8, 4) is 0 Å². The molecule has 0 spiro atoms. The highest BCUT2D eigenvalue weighted by Crippen LogP contribution is 2.19. The Bertz CT molecular complexity index is 226. The molecule has 1 fully saturated rings. The second-order valence-corrected chi connectivity index (χ2v) is 4.74. The molecule has 1 rings (SSSR count). The molecule has 0 aromatic heterocycles. The largest absolute Gasteiger partial charge is 0.383 e. The molecule has 17 heavy (non-hydrogen) atoms. The van der Waals surface area contributed by atoms with E-state index >= 15 is 0 Å². The van der Waals surface area contributed by atoms with E-state index in [1.807, 2.05) is 0 Å². The van der Waals surface area contributed by atoms with Crippen LogP contribution in [0.1, 0.15) is 33.1 Å². The SMILES string of the molecule is COCCNCC(=O)NN1C(C)CCCC1C. The van der Waals surface area contributed by atoms with Gasteiger partial charge in [-0.1, -0.05) is 6.42 Å². The molecule has 0 aromatic rings. The van der Waals surface area contributed by atoms with E-state index in [9.17, 15) is 4.79 Å². The van der Waals surface area contributed by atoms with Gasteiger partial charge in [0.2, 0.25) is 5.91 Å². The highest BCUT2D eigenvalue weighted by molar-refractivity contribution is 5.77. The standard InChI is InChI=1S/C12H25N3O2/c1-10-5-4-6-11(2)15(10)14-12(16)9-13-7-8-17-3/h10-11,13H,4-9H2,1-3H3,(H,14,16). The van der Waals surface area contributed by atoms with Gasteiger partial charge in [0.25, 0.3) is 0 Å². The van der Waals surface area contributed by atoms with Gasteiger partial charge >= 0.3 is 0 Å². The van der Waals surface area contributed by atoms with Crippen LogP contribution in [-0.4, -0.2) is 49.8 Å². The number of nitrogens with one attached hydrogen (secondary N) is 2. The van der Waals surface area contributed by atoms with Gasteiger partial charge in [0.15, 0.2) is 0 Å². The Labute approximate surface area is 104 Å². The number of ether oxygens (including phenoxy) is 1. The van der Waals surface area contributed by atoms with E-state index in [1.165, 1.54) is 6.42 Å². The van der Waals surface area contributed by atoms with E-state index in [2.05, 4.69) is 29.6 Å². The van der Waals surface area contributed by atoms with Crippen LogP contribution in [0.15, 0.2) is 0 Å². The van der Waals surface area contributed by atoms with E-state index in [-0.39, 0.29) is 5.91 Å². The minimum Gasteiger partial charge on any atom is -0.383 e. The van der Waals surface area contributed by atoms with Crippen molar-refractivity contribution in [1.29, 1.82) is 0 Å². The van der Waals surface area contributed by atoms with Crippen LogP contribution in [0.3, 0.4) is 0 Å². The van der Waals surface area contributed by atoms with Crippen LogP contribution in [0.25, 0.3) is 0 Å². The van der Waals surface area contributed by atoms with Crippen molar-refractivity contribution in [2.24, 2.45) is 0 Å². The summed E-state index contributed by atoms with van der Waals surface area (Å²) in [5.41, 5.74) is 2.99. The number of nitrogens with zero attached hydrogens (tertiary/aromatic N) is 1. The van der Waals surface area contributed by atoms with E-state index in [4.69, 9.17) is 4.74 Å². The molecule has 0 saturated carbocycles. The van der Waals surface area contributed by atoms with Gasteiger partial charge < -0.3 is 10.1 Å². The predicted octanol–water partition coefficient (Wildman–Crippen LogP) is 0.517. The second kappa shape index (κ2) is 7.63. The summed E-state index contributed by atoms with van der Waals surface area (Å²) in [7, 11) is 1.65. The summed E-state index contributed by atoms with van der Waals surface area (Å²) in [5, 5.41) is 5.13. The quantitative estimate of drug-likeness (QED) is 0.668. The molecule has 0 aliphatic carbocycles. The predicted molar refractivity (Wildman–Crippen MR) is 67.5 cm³/mol. The highest BCUT2D eigenvalue weighted by atomic mass is 16.5. The average Bonchev–Trinajstić information content (AvgIpc) is 2.30. The first-order valence-electron chi connectivity index (χ1n) is 6.42. The normalized spacial score (nSPS) is 25.8. The third-order valence-electron chi connectivity index (χ3n) is 3.22. The van der Waals surface area contributed by atoms with E-state index in [0.29, 0.717) is 31.8 Å². The first-order valence-corrected chi connectivity index (χ1v) is 6.42. The number of carbonyl (C=O) groups excluding carboxylic acids is 1. The smallest absolute Gasteiger partial charge is 0.248 e. The van der Waals surface area contributed by atoms with Crippen molar-refractivity contribution in [2.75, 3.05) is 26.8 Å². The fourth-order valence-electron chi connectivity index (χ4n) is 2.20. The summed E-state index contributed by atoms with van der Waals surface area (Å²) >= 11 is 0. The zero-order valence-corrected chi connectivity index (χ0v) is 11.2. The van der Waals surface area contributed by atoms with Crippen LogP contribution in [0.4, 0.5) is 0 Å². The lowest BCUT2D eigenvalue weighted by Crippen LogP contribution is -2.55. The Kier molecular flexibility index (Phi) is 6.47. The number of piperidine rings is 1. The van der Waals surface area contributed by atoms with Gasteiger partial charge in [0.05, 0.1) is 13.2 Å². The van der Waals surface area contributed by atoms with Crippen LogP contribution < -0.4 is 10.7 Å². The third kappa shape index (κ3) is 5.02. The lowest BCUT2D eigenvalue weighted by molar-refractivity contribution is -0.128. The van der Waals surface area contributed by atoms with Gasteiger partial charge in [-0.2, -0.15) is 0 Å². The number of hydrazine groups is 1. The van der Waals surface area contributed by atoms with E-state index in [0.717, 1.165) is 12.8 Å². The number of amides is 1. The van der Waals surface area contributed by atoms with Crippen molar-refractivity contribution in [1.82, 2.24) is 15.8 Å². The summed E-state index contributed by atoms with van der Waals surface area (Å²) in [5.74, 6) is 0.0294. The Morgan fingerprint density at radius 1 is 1.35 bits per heavy atom. The maximum atomic E-state index is 11.7. The zero-order chi connectivity index (χ0) is 12.7. The number of methoxy groups -OCH3 is 1. The Balaban J connectivity index is 2.24. The van der Waals surface area contributed by atoms with Crippen LogP contribution >= 0.6 is 0 Å². The molecule has 1 amide bonds. The summed E-state index contributed by atoms with van der Waals surface area (Å²) in [4.78, 5) is 11.7.